The second kappa shape index (κ2) is 6.49. The fourth-order valence-corrected chi connectivity index (χ4v) is 3.58. The minimum Gasteiger partial charge on any atom is -0.455 e. The number of furan rings is 1. The van der Waals surface area contributed by atoms with Gasteiger partial charge in [-0.25, -0.2) is 4.85 Å². The molecule has 2 heterocycles. The van der Waals surface area contributed by atoms with Crippen LogP contribution in [0.4, 0.5) is 5.69 Å². The third kappa shape index (κ3) is 2.60. The highest BCUT2D eigenvalue weighted by atomic mass is 16.3. The lowest BCUT2D eigenvalue weighted by Gasteiger charge is -2.14. The van der Waals surface area contributed by atoms with Crippen LogP contribution in [0.2, 0.25) is 0 Å². The van der Waals surface area contributed by atoms with Crippen LogP contribution in [0.25, 0.3) is 38.0 Å². The number of rotatable bonds is 2. The Morgan fingerprint density at radius 3 is 2.79 bits per heavy atom. The Balaban J connectivity index is 2.23. The number of pyridine rings is 1. The largest absolute Gasteiger partial charge is 0.455 e. The lowest BCUT2D eigenvalue weighted by atomic mass is 9.93. The van der Waals surface area contributed by atoms with Crippen molar-refractivity contribution >= 4 is 27.6 Å². The van der Waals surface area contributed by atoms with Gasteiger partial charge in [0.25, 0.3) is 0 Å². The van der Waals surface area contributed by atoms with Crippen LogP contribution in [0.3, 0.4) is 0 Å². The van der Waals surface area contributed by atoms with E-state index in [9.17, 15) is 0 Å². The molecule has 0 aliphatic heterocycles. The summed E-state index contributed by atoms with van der Waals surface area (Å²) in [7, 11) is 1.62. The fourth-order valence-electron chi connectivity index (χ4n) is 3.58. The normalized spacial score (nSPS) is 18.7. The molecule has 4 aromatic rings. The number of hydrogen-bond donors (Lipinski definition) is 0. The van der Waals surface area contributed by atoms with Crippen LogP contribution < -0.4 is 4.57 Å². The van der Waals surface area contributed by atoms with Crippen LogP contribution >= 0.6 is 0 Å². The Kier molecular flexibility index (Phi) is 2.56. The standard InChI is InChI=1S/C25H25N2O/c1-14(2)20-13-22(27(7)17(5)16(20)4)24-15(3)8-10-19-21-12-18(26-6)9-11-23(21)28-25(19)24/h8-14H,1-5,7H3/q+1/i1D3,4D3,13D,14D. The molecule has 3 heteroatoms. The third-order valence-corrected chi connectivity index (χ3v) is 5.27. The van der Waals surface area contributed by atoms with Gasteiger partial charge in [0, 0.05) is 38.9 Å². The van der Waals surface area contributed by atoms with E-state index in [1.54, 1.807) is 36.7 Å². The molecule has 3 nitrogen and oxygen atoms in total. The zero-order valence-electron chi connectivity index (χ0n) is 24.2. The van der Waals surface area contributed by atoms with Crippen LogP contribution in [-0.2, 0) is 7.05 Å². The molecule has 0 fully saturated rings. The van der Waals surface area contributed by atoms with Gasteiger partial charge in [-0.2, -0.15) is 4.57 Å². The summed E-state index contributed by atoms with van der Waals surface area (Å²) in [6.07, 6.45) is 0. The van der Waals surface area contributed by atoms with Crippen molar-refractivity contribution in [3.8, 4) is 11.3 Å². The minimum atomic E-state index is -2.89. The van der Waals surface area contributed by atoms with Crippen molar-refractivity contribution in [2.24, 2.45) is 7.05 Å². The van der Waals surface area contributed by atoms with Crippen molar-refractivity contribution < 1.29 is 20.0 Å². The monoisotopic (exact) mass is 377 g/mol. The number of fused-ring (bicyclic) bond motifs is 3. The van der Waals surface area contributed by atoms with Crippen molar-refractivity contribution in [2.75, 3.05) is 0 Å². The maximum absolute atomic E-state index is 9.13. The summed E-state index contributed by atoms with van der Waals surface area (Å²) < 4.78 is 73.9. The lowest BCUT2D eigenvalue weighted by molar-refractivity contribution is -0.667. The summed E-state index contributed by atoms with van der Waals surface area (Å²) in [6.45, 7) is 6.21. The topological polar surface area (TPSA) is 21.4 Å². The molecule has 4 rings (SSSR count). The molecule has 0 aliphatic carbocycles. The molecule has 1 atom stereocenters. The summed E-state index contributed by atoms with van der Waals surface area (Å²) in [5.41, 5.74) is 2.49. The zero-order chi connectivity index (χ0) is 27.0. The van der Waals surface area contributed by atoms with Gasteiger partial charge >= 0.3 is 0 Å². The molecule has 0 radical (unpaired) electrons. The summed E-state index contributed by atoms with van der Waals surface area (Å²) in [5, 5.41) is 1.43. The molecular formula is C25H25N2O+. The number of hydrogen-bond acceptors (Lipinski definition) is 1. The molecule has 2 aromatic heterocycles. The van der Waals surface area contributed by atoms with Crippen LogP contribution in [-0.4, -0.2) is 0 Å². The maximum Gasteiger partial charge on any atom is 0.216 e. The molecule has 0 N–H and O–H groups in total. The van der Waals surface area contributed by atoms with Gasteiger partial charge < -0.3 is 4.42 Å². The van der Waals surface area contributed by atoms with Gasteiger partial charge in [-0.1, -0.05) is 32.0 Å². The third-order valence-electron chi connectivity index (χ3n) is 5.27. The van der Waals surface area contributed by atoms with E-state index in [1.807, 2.05) is 19.1 Å². The number of aromatic nitrogens is 1. The van der Waals surface area contributed by atoms with E-state index in [1.165, 1.54) is 0 Å². The smallest absolute Gasteiger partial charge is 0.216 e. The van der Waals surface area contributed by atoms with E-state index in [2.05, 4.69) is 4.85 Å². The average Bonchev–Trinajstić information content (AvgIpc) is 3.13. The number of benzene rings is 2. The fraction of sp³-hybridized carbons (Fsp3) is 0.280. The van der Waals surface area contributed by atoms with E-state index < -0.39 is 19.6 Å². The van der Waals surface area contributed by atoms with Crippen molar-refractivity contribution in [3.05, 3.63) is 70.2 Å². The first-order chi connectivity index (χ1) is 16.5. The molecule has 28 heavy (non-hydrogen) atoms. The van der Waals surface area contributed by atoms with Crippen LogP contribution in [0.5, 0.6) is 0 Å². The molecule has 0 spiro atoms. The molecule has 0 amide bonds. The first-order valence-corrected chi connectivity index (χ1v) is 8.90. The van der Waals surface area contributed by atoms with Gasteiger partial charge in [0.2, 0.25) is 5.69 Å². The SMILES string of the molecule is [2H]c1c(C([2H])(C)C([2H])([2H])[2H])c(C([2H])([2H])[2H])c(C)[n+](C)c1-c1c(C)ccc2c1oc1ccc([N+]#[C-])cc12. The highest BCUT2D eigenvalue weighted by molar-refractivity contribution is 6.10. The highest BCUT2D eigenvalue weighted by Crippen LogP contribution is 2.39. The first-order valence-electron chi connectivity index (χ1n) is 12.9. The molecule has 2 aromatic carbocycles. The van der Waals surface area contributed by atoms with Gasteiger partial charge in [0.1, 0.15) is 18.2 Å². The maximum atomic E-state index is 9.13. The van der Waals surface area contributed by atoms with Crippen LogP contribution in [0.1, 0.15) is 53.0 Å². The van der Waals surface area contributed by atoms with Crippen molar-refractivity contribution in [2.45, 2.75) is 40.4 Å². The number of nitrogens with zero attached hydrogens (tertiary/aromatic N) is 2. The van der Waals surface area contributed by atoms with Crippen molar-refractivity contribution in [3.63, 3.8) is 0 Å². The van der Waals surface area contributed by atoms with E-state index in [-0.39, 0.29) is 28.6 Å². The second-order valence-corrected chi connectivity index (χ2v) is 7.02. The average molecular weight is 378 g/mol. The molecule has 0 saturated heterocycles. The Bertz CT molecular complexity index is 1590. The molecule has 1 unspecified atom stereocenters. The van der Waals surface area contributed by atoms with Crippen molar-refractivity contribution in [1.82, 2.24) is 0 Å². The predicted octanol–water partition coefficient (Wildman–Crippen LogP) is 6.68. The number of aryl methyl sites for hydroxylation is 1. The van der Waals surface area contributed by atoms with Gasteiger partial charge in [-0.3, -0.25) is 0 Å². The Hall–Kier alpha value is -3.12. The quantitative estimate of drug-likeness (QED) is 0.282. The van der Waals surface area contributed by atoms with Gasteiger partial charge in [0.05, 0.1) is 13.5 Å². The summed E-state index contributed by atoms with van der Waals surface area (Å²) >= 11 is 0. The van der Waals surface area contributed by atoms with Gasteiger partial charge in [-0.15, -0.1) is 0 Å². The Morgan fingerprint density at radius 1 is 1.25 bits per heavy atom. The molecule has 0 bridgehead atoms. The van der Waals surface area contributed by atoms with Crippen LogP contribution in [0.15, 0.2) is 40.8 Å². The summed E-state index contributed by atoms with van der Waals surface area (Å²) in [6, 6.07) is 8.42. The second-order valence-electron chi connectivity index (χ2n) is 7.02. The predicted molar refractivity (Wildman–Crippen MR) is 115 cm³/mol. The Morgan fingerprint density at radius 2 is 2.07 bits per heavy atom. The van der Waals surface area contributed by atoms with E-state index >= 15 is 0 Å². The first kappa shape index (κ1) is 11.0. The molecule has 0 aliphatic rings. The van der Waals surface area contributed by atoms with E-state index in [4.69, 9.17) is 22.0 Å². The van der Waals surface area contributed by atoms with E-state index in [0.29, 0.717) is 27.8 Å². The summed E-state index contributed by atoms with van der Waals surface area (Å²) in [5.74, 6) is -2.36. The highest BCUT2D eigenvalue weighted by Gasteiger charge is 2.25. The summed E-state index contributed by atoms with van der Waals surface area (Å²) in [4.78, 5) is 3.49. The van der Waals surface area contributed by atoms with Crippen molar-refractivity contribution in [1.29, 1.82) is 0 Å². The zero-order valence-corrected chi connectivity index (χ0v) is 16.2. The van der Waals surface area contributed by atoms with Gasteiger partial charge in [0.15, 0.2) is 11.4 Å². The van der Waals surface area contributed by atoms with E-state index in [0.717, 1.165) is 17.9 Å². The lowest BCUT2D eigenvalue weighted by Crippen LogP contribution is -2.36. The Labute approximate surface area is 177 Å². The minimum absolute atomic E-state index is 0.238. The van der Waals surface area contributed by atoms with Gasteiger partial charge in [-0.05, 0) is 42.9 Å². The molecule has 0 saturated carbocycles. The molecular weight excluding hydrogens is 344 g/mol. The van der Waals surface area contributed by atoms with Crippen LogP contribution in [0, 0.1) is 27.3 Å². The molecule has 140 valence electrons.